The minimum Gasteiger partial charge on any atom is -0.385 e. The third kappa shape index (κ3) is 1.53. The lowest BCUT2D eigenvalue weighted by Gasteiger charge is -2.33. The van der Waals surface area contributed by atoms with E-state index >= 15 is 0 Å². The first-order valence-electron chi connectivity index (χ1n) is 4.58. The number of hydrogen-bond donors (Lipinski definition) is 2. The molecule has 0 aromatic carbocycles. The van der Waals surface area contributed by atoms with Crippen LogP contribution in [0.15, 0.2) is 11.0 Å². The van der Waals surface area contributed by atoms with Crippen molar-refractivity contribution < 1.29 is 5.11 Å². The van der Waals surface area contributed by atoms with Crippen LogP contribution in [0, 0.1) is 0 Å². The molecule has 0 radical (unpaired) electrons. The Morgan fingerprint density at radius 2 is 2.17 bits per heavy atom. The fourth-order valence-corrected chi connectivity index (χ4v) is 2.99. The summed E-state index contributed by atoms with van der Waals surface area (Å²) in [5.41, 5.74) is -0.480. The van der Waals surface area contributed by atoms with Gasteiger partial charge in [-0.1, -0.05) is 6.08 Å². The summed E-state index contributed by atoms with van der Waals surface area (Å²) in [5.74, 6) is 1.16. The zero-order valence-electron chi connectivity index (χ0n) is 7.18. The van der Waals surface area contributed by atoms with Gasteiger partial charge in [-0.3, -0.25) is 0 Å². The standard InChI is InChI=1S/C9H15NOS/c11-9(3-5-10-6-4-9)8-2-1-7-12-8/h2,10-11H,1,3-7H2. The van der Waals surface area contributed by atoms with E-state index < -0.39 is 5.60 Å². The highest BCUT2D eigenvalue weighted by atomic mass is 32.2. The summed E-state index contributed by atoms with van der Waals surface area (Å²) in [6, 6.07) is 0. The fraction of sp³-hybridized carbons (Fsp3) is 0.778. The van der Waals surface area contributed by atoms with Gasteiger partial charge in [0.05, 0.1) is 5.60 Å². The topological polar surface area (TPSA) is 32.3 Å². The Kier molecular flexibility index (Phi) is 2.44. The average Bonchev–Trinajstić information content (AvgIpc) is 2.58. The quantitative estimate of drug-likeness (QED) is 0.642. The van der Waals surface area contributed by atoms with Crippen molar-refractivity contribution in [1.82, 2.24) is 5.32 Å². The Morgan fingerprint density at radius 3 is 2.75 bits per heavy atom. The molecule has 2 heterocycles. The second-order valence-corrected chi connectivity index (χ2v) is 4.62. The molecule has 3 heteroatoms. The van der Waals surface area contributed by atoms with Crippen LogP contribution in [0.1, 0.15) is 19.3 Å². The van der Waals surface area contributed by atoms with Crippen LogP contribution in [0.5, 0.6) is 0 Å². The summed E-state index contributed by atoms with van der Waals surface area (Å²) in [4.78, 5) is 1.23. The molecule has 2 N–H and O–H groups in total. The van der Waals surface area contributed by atoms with Gasteiger partial charge in [-0.25, -0.2) is 0 Å². The minimum absolute atomic E-state index is 0.480. The molecule has 0 atom stereocenters. The minimum atomic E-state index is -0.480. The molecule has 0 aliphatic carbocycles. The molecule has 1 fully saturated rings. The molecule has 2 aliphatic rings. The number of aliphatic hydroxyl groups is 1. The van der Waals surface area contributed by atoms with Gasteiger partial charge in [0.1, 0.15) is 0 Å². The molecule has 68 valence electrons. The van der Waals surface area contributed by atoms with Crippen molar-refractivity contribution in [2.24, 2.45) is 0 Å². The van der Waals surface area contributed by atoms with Gasteiger partial charge in [-0.05, 0) is 32.4 Å². The van der Waals surface area contributed by atoms with E-state index in [0.717, 1.165) is 38.1 Å². The summed E-state index contributed by atoms with van der Waals surface area (Å²) >= 11 is 1.83. The van der Waals surface area contributed by atoms with Crippen molar-refractivity contribution in [3.63, 3.8) is 0 Å². The molecule has 2 nitrogen and oxygen atoms in total. The lowest BCUT2D eigenvalue weighted by Crippen LogP contribution is -2.42. The molecular weight excluding hydrogens is 170 g/mol. The van der Waals surface area contributed by atoms with Gasteiger partial charge in [0.25, 0.3) is 0 Å². The largest absolute Gasteiger partial charge is 0.385 e. The lowest BCUT2D eigenvalue weighted by molar-refractivity contribution is 0.0545. The maximum absolute atomic E-state index is 10.2. The highest BCUT2D eigenvalue weighted by molar-refractivity contribution is 8.03. The maximum Gasteiger partial charge on any atom is 0.0975 e. The van der Waals surface area contributed by atoms with Crippen LogP contribution in [0.4, 0.5) is 0 Å². The van der Waals surface area contributed by atoms with Crippen molar-refractivity contribution in [1.29, 1.82) is 0 Å². The van der Waals surface area contributed by atoms with Crippen molar-refractivity contribution in [2.45, 2.75) is 24.9 Å². The molecule has 0 aromatic heterocycles. The van der Waals surface area contributed by atoms with E-state index in [1.807, 2.05) is 11.8 Å². The van der Waals surface area contributed by atoms with Gasteiger partial charge in [-0.15, -0.1) is 11.8 Å². The van der Waals surface area contributed by atoms with Crippen LogP contribution < -0.4 is 5.32 Å². The highest BCUT2D eigenvalue weighted by Crippen LogP contribution is 2.38. The van der Waals surface area contributed by atoms with Crippen molar-refractivity contribution >= 4 is 11.8 Å². The molecule has 0 spiro atoms. The van der Waals surface area contributed by atoms with Gasteiger partial charge in [-0.2, -0.15) is 0 Å². The van der Waals surface area contributed by atoms with Crippen molar-refractivity contribution in [3.8, 4) is 0 Å². The zero-order valence-corrected chi connectivity index (χ0v) is 7.99. The average molecular weight is 185 g/mol. The lowest BCUT2D eigenvalue weighted by atomic mass is 9.91. The number of thioether (sulfide) groups is 1. The molecule has 2 rings (SSSR count). The Bertz CT molecular complexity index is 197. The summed E-state index contributed by atoms with van der Waals surface area (Å²) in [7, 11) is 0. The highest BCUT2D eigenvalue weighted by Gasteiger charge is 2.34. The molecule has 2 aliphatic heterocycles. The molecule has 0 aromatic rings. The first-order chi connectivity index (χ1) is 5.81. The Balaban J connectivity index is 2.07. The monoisotopic (exact) mass is 185 g/mol. The van der Waals surface area contributed by atoms with Gasteiger partial charge in [0, 0.05) is 10.7 Å². The number of allylic oxidation sites excluding steroid dienone is 1. The summed E-state index contributed by atoms with van der Waals surface area (Å²) in [6.07, 6.45) is 5.10. The zero-order chi connectivity index (χ0) is 8.44. The van der Waals surface area contributed by atoms with Crippen LogP contribution in [0.25, 0.3) is 0 Å². The first-order valence-corrected chi connectivity index (χ1v) is 5.56. The molecule has 0 unspecified atom stereocenters. The van der Waals surface area contributed by atoms with Gasteiger partial charge in [0.15, 0.2) is 0 Å². The van der Waals surface area contributed by atoms with Gasteiger partial charge in [0.2, 0.25) is 0 Å². The van der Waals surface area contributed by atoms with E-state index in [0.29, 0.717) is 0 Å². The van der Waals surface area contributed by atoms with Crippen LogP contribution in [-0.4, -0.2) is 29.5 Å². The summed E-state index contributed by atoms with van der Waals surface area (Å²) < 4.78 is 0. The smallest absolute Gasteiger partial charge is 0.0975 e. The molecule has 0 saturated carbocycles. The van der Waals surface area contributed by atoms with E-state index in [4.69, 9.17) is 0 Å². The normalized spacial score (nSPS) is 28.6. The molecular formula is C9H15NOS. The van der Waals surface area contributed by atoms with E-state index in [1.165, 1.54) is 4.91 Å². The molecule has 1 saturated heterocycles. The van der Waals surface area contributed by atoms with Crippen molar-refractivity contribution in [3.05, 3.63) is 11.0 Å². The van der Waals surface area contributed by atoms with Crippen molar-refractivity contribution in [2.75, 3.05) is 18.8 Å². The van der Waals surface area contributed by atoms with E-state index in [1.54, 1.807) is 0 Å². The Morgan fingerprint density at radius 1 is 1.42 bits per heavy atom. The van der Waals surface area contributed by atoms with Crippen LogP contribution in [0.2, 0.25) is 0 Å². The Hall–Kier alpha value is 0.01000. The van der Waals surface area contributed by atoms with E-state index in [9.17, 15) is 5.11 Å². The summed E-state index contributed by atoms with van der Waals surface area (Å²) in [6.45, 7) is 1.91. The van der Waals surface area contributed by atoms with E-state index in [2.05, 4.69) is 11.4 Å². The number of piperidine rings is 1. The molecule has 0 bridgehead atoms. The predicted molar refractivity (Wildman–Crippen MR) is 52.2 cm³/mol. The predicted octanol–water partition coefficient (Wildman–Crippen LogP) is 1.12. The Labute approximate surface area is 77.4 Å². The third-order valence-electron chi connectivity index (χ3n) is 2.59. The second kappa shape index (κ2) is 3.40. The van der Waals surface area contributed by atoms with Gasteiger partial charge < -0.3 is 10.4 Å². The van der Waals surface area contributed by atoms with Crippen LogP contribution in [-0.2, 0) is 0 Å². The number of hydrogen-bond acceptors (Lipinski definition) is 3. The fourth-order valence-electron chi connectivity index (χ4n) is 1.83. The van der Waals surface area contributed by atoms with Gasteiger partial charge >= 0.3 is 0 Å². The summed E-state index contributed by atoms with van der Waals surface area (Å²) in [5, 5.41) is 13.5. The third-order valence-corrected chi connectivity index (χ3v) is 3.89. The maximum atomic E-state index is 10.2. The number of nitrogens with one attached hydrogen (secondary N) is 1. The van der Waals surface area contributed by atoms with Crippen LogP contribution >= 0.6 is 11.8 Å². The molecule has 0 amide bonds. The first kappa shape index (κ1) is 8.60. The number of rotatable bonds is 1. The van der Waals surface area contributed by atoms with E-state index in [-0.39, 0.29) is 0 Å². The molecule has 12 heavy (non-hydrogen) atoms. The van der Waals surface area contributed by atoms with Crippen LogP contribution in [0.3, 0.4) is 0 Å². The second-order valence-electron chi connectivity index (χ2n) is 3.49. The SMILES string of the molecule is OC1(C2=CCCS2)CCNCC1.